The Labute approximate surface area is 237 Å². The van der Waals surface area contributed by atoms with Crippen molar-refractivity contribution >= 4 is 21.7 Å². The molecule has 212 valence electrons. The van der Waals surface area contributed by atoms with Crippen molar-refractivity contribution in [2.24, 2.45) is 10.8 Å². The smallest absolute Gasteiger partial charge is 0.339 e. The Kier molecular flexibility index (Phi) is 6.77. The molecule has 0 aromatic heterocycles. The number of rotatable bonds is 5. The maximum atomic E-state index is 13.7. The summed E-state index contributed by atoms with van der Waals surface area (Å²) in [5, 5.41) is 0. The van der Waals surface area contributed by atoms with Gasteiger partial charge >= 0.3 is 10.1 Å². The van der Waals surface area contributed by atoms with Gasteiger partial charge in [0.25, 0.3) is 0 Å². The van der Waals surface area contributed by atoms with Crippen molar-refractivity contribution < 1.29 is 26.9 Å². The standard InChI is InChI=1S/C32H37NO6S/c1-19-8-11-21(12-9-19)40(36,37)39-26-13-10-20(14-27(26)38-7)28-29-22(15-31(2,3)17-24(29)34)33(6)23-16-32(4,5)18-25(35)30(23)28/h8-14,28H,15-18H2,1-7H3. The van der Waals surface area contributed by atoms with Gasteiger partial charge in [0.05, 0.1) is 7.11 Å². The summed E-state index contributed by atoms with van der Waals surface area (Å²) in [5.74, 6) is -0.230. The van der Waals surface area contributed by atoms with Crippen molar-refractivity contribution in [2.75, 3.05) is 14.2 Å². The first-order valence-corrected chi connectivity index (χ1v) is 15.0. The van der Waals surface area contributed by atoms with Gasteiger partial charge in [0.15, 0.2) is 23.1 Å². The van der Waals surface area contributed by atoms with Gasteiger partial charge in [0, 0.05) is 48.3 Å². The normalized spacial score (nSPS) is 20.8. The van der Waals surface area contributed by atoms with E-state index in [0.717, 1.165) is 29.8 Å². The van der Waals surface area contributed by atoms with Crippen LogP contribution in [0.2, 0.25) is 0 Å². The summed E-state index contributed by atoms with van der Waals surface area (Å²) in [6, 6.07) is 11.4. The van der Waals surface area contributed by atoms with Crippen LogP contribution in [-0.2, 0) is 19.7 Å². The van der Waals surface area contributed by atoms with E-state index in [0.29, 0.717) is 29.6 Å². The molecule has 8 heteroatoms. The Morgan fingerprint density at radius 1 is 0.800 bits per heavy atom. The number of carbonyl (C=O) groups excluding carboxylic acids is 2. The van der Waals surface area contributed by atoms with Gasteiger partial charge in [-0.2, -0.15) is 8.42 Å². The fourth-order valence-electron chi connectivity index (χ4n) is 6.30. The molecular weight excluding hydrogens is 526 g/mol. The van der Waals surface area contributed by atoms with Gasteiger partial charge < -0.3 is 13.8 Å². The van der Waals surface area contributed by atoms with Crippen LogP contribution in [-0.4, -0.2) is 39.0 Å². The molecule has 2 aromatic carbocycles. The van der Waals surface area contributed by atoms with E-state index < -0.39 is 16.0 Å². The van der Waals surface area contributed by atoms with Crippen molar-refractivity contribution in [1.29, 1.82) is 0 Å². The van der Waals surface area contributed by atoms with E-state index in [1.807, 2.05) is 14.0 Å². The molecule has 3 aliphatic rings. The lowest BCUT2D eigenvalue weighted by Crippen LogP contribution is -2.43. The second-order valence-electron chi connectivity index (χ2n) is 12.9. The van der Waals surface area contributed by atoms with Crippen LogP contribution < -0.4 is 8.92 Å². The van der Waals surface area contributed by atoms with Gasteiger partial charge in [0.1, 0.15) is 4.90 Å². The van der Waals surface area contributed by atoms with E-state index >= 15 is 0 Å². The molecule has 0 spiro atoms. The summed E-state index contributed by atoms with van der Waals surface area (Å²) in [6.07, 6.45) is 2.23. The highest BCUT2D eigenvalue weighted by Crippen LogP contribution is 2.54. The van der Waals surface area contributed by atoms with Crippen LogP contribution in [0.4, 0.5) is 0 Å². The van der Waals surface area contributed by atoms with Crippen molar-refractivity contribution in [3.63, 3.8) is 0 Å². The zero-order chi connectivity index (χ0) is 29.2. The van der Waals surface area contributed by atoms with E-state index in [1.54, 1.807) is 30.3 Å². The van der Waals surface area contributed by atoms with E-state index in [1.165, 1.54) is 19.2 Å². The van der Waals surface area contributed by atoms with Crippen molar-refractivity contribution in [3.8, 4) is 11.5 Å². The zero-order valence-corrected chi connectivity index (χ0v) is 25.1. The molecule has 0 fully saturated rings. The second-order valence-corrected chi connectivity index (χ2v) is 14.4. The number of ketones is 2. The predicted octanol–water partition coefficient (Wildman–Crippen LogP) is 6.09. The highest BCUT2D eigenvalue weighted by atomic mass is 32.2. The summed E-state index contributed by atoms with van der Waals surface area (Å²) in [7, 11) is -0.691. The lowest BCUT2D eigenvalue weighted by atomic mass is 9.64. The number of Topliss-reactive ketones (excluding diaryl/α,β-unsaturated/α-hetero) is 2. The monoisotopic (exact) mass is 563 g/mol. The van der Waals surface area contributed by atoms with Crippen LogP contribution in [0, 0.1) is 17.8 Å². The van der Waals surface area contributed by atoms with Crippen molar-refractivity contribution in [1.82, 2.24) is 4.90 Å². The average molecular weight is 564 g/mol. The van der Waals surface area contributed by atoms with Gasteiger partial charge in [-0.3, -0.25) is 9.59 Å². The molecule has 2 aromatic rings. The SMILES string of the molecule is COc1cc(C2C3=C(CC(C)(C)CC3=O)N(C)C3=C2C(=O)CC(C)(C)C3)ccc1OS(=O)(=O)c1ccc(C)cc1. The number of aryl methyl sites for hydroxylation is 1. The quantitative estimate of drug-likeness (QED) is 0.407. The molecule has 7 nitrogen and oxygen atoms in total. The van der Waals surface area contributed by atoms with Crippen LogP contribution >= 0.6 is 0 Å². The zero-order valence-electron chi connectivity index (χ0n) is 24.3. The maximum Gasteiger partial charge on any atom is 0.339 e. The first-order valence-electron chi connectivity index (χ1n) is 13.6. The van der Waals surface area contributed by atoms with Gasteiger partial charge in [-0.25, -0.2) is 0 Å². The Hall–Kier alpha value is -3.39. The molecule has 0 radical (unpaired) electrons. The number of nitrogens with zero attached hydrogens (tertiary/aromatic N) is 1. The molecule has 0 saturated heterocycles. The minimum Gasteiger partial charge on any atom is -0.493 e. The fourth-order valence-corrected chi connectivity index (χ4v) is 7.24. The van der Waals surface area contributed by atoms with Crippen molar-refractivity contribution in [2.45, 2.75) is 71.1 Å². The summed E-state index contributed by atoms with van der Waals surface area (Å²) in [5.41, 5.74) is 4.46. The van der Waals surface area contributed by atoms with Crippen LogP contribution in [0.15, 0.2) is 69.9 Å². The predicted molar refractivity (Wildman–Crippen MR) is 153 cm³/mol. The van der Waals surface area contributed by atoms with Crippen LogP contribution in [0.1, 0.15) is 70.4 Å². The number of hydrogen-bond donors (Lipinski definition) is 0. The Balaban J connectivity index is 1.63. The number of hydrogen-bond acceptors (Lipinski definition) is 7. The molecular formula is C32H37NO6S. The molecule has 40 heavy (non-hydrogen) atoms. The van der Waals surface area contributed by atoms with Crippen LogP contribution in [0.25, 0.3) is 0 Å². The minimum absolute atomic E-state index is 0.0357. The van der Waals surface area contributed by atoms with Crippen LogP contribution in [0.5, 0.6) is 11.5 Å². The third-order valence-electron chi connectivity index (χ3n) is 8.21. The minimum atomic E-state index is -4.10. The summed E-state index contributed by atoms with van der Waals surface area (Å²) >= 11 is 0. The first-order chi connectivity index (χ1) is 18.6. The fraction of sp³-hybridized carbons (Fsp3) is 0.438. The number of ether oxygens (including phenoxy) is 1. The molecule has 1 heterocycles. The Morgan fingerprint density at radius 2 is 1.32 bits per heavy atom. The Morgan fingerprint density at radius 3 is 1.82 bits per heavy atom. The third kappa shape index (κ3) is 4.98. The number of carbonyl (C=O) groups is 2. The second kappa shape index (κ2) is 9.61. The number of allylic oxidation sites excluding steroid dienone is 4. The summed E-state index contributed by atoms with van der Waals surface area (Å²) in [6.45, 7) is 10.3. The number of benzene rings is 2. The topological polar surface area (TPSA) is 90.0 Å². The van der Waals surface area contributed by atoms with Crippen molar-refractivity contribution in [3.05, 3.63) is 76.1 Å². The van der Waals surface area contributed by atoms with E-state index in [-0.39, 0.29) is 38.8 Å². The van der Waals surface area contributed by atoms with E-state index in [4.69, 9.17) is 8.92 Å². The number of methoxy groups -OCH3 is 1. The largest absolute Gasteiger partial charge is 0.493 e. The molecule has 0 saturated carbocycles. The maximum absolute atomic E-state index is 13.7. The first kappa shape index (κ1) is 28.1. The molecule has 5 rings (SSSR count). The lowest BCUT2D eigenvalue weighted by molar-refractivity contribution is -0.119. The summed E-state index contributed by atoms with van der Waals surface area (Å²) < 4.78 is 37.1. The molecule has 0 N–H and O–H groups in total. The molecule has 0 atom stereocenters. The molecule has 0 bridgehead atoms. The lowest BCUT2D eigenvalue weighted by Gasteiger charge is -2.47. The molecule has 0 amide bonds. The molecule has 1 aliphatic heterocycles. The Bertz CT molecular complexity index is 1520. The van der Waals surface area contributed by atoms with Crippen LogP contribution in [0.3, 0.4) is 0 Å². The van der Waals surface area contributed by atoms with Gasteiger partial charge in [-0.15, -0.1) is 0 Å². The molecule has 2 aliphatic carbocycles. The van der Waals surface area contributed by atoms with Gasteiger partial charge in [-0.05, 0) is 60.4 Å². The van der Waals surface area contributed by atoms with Gasteiger partial charge in [0.2, 0.25) is 0 Å². The highest BCUT2D eigenvalue weighted by molar-refractivity contribution is 7.87. The summed E-state index contributed by atoms with van der Waals surface area (Å²) in [4.78, 5) is 29.6. The van der Waals surface area contributed by atoms with Gasteiger partial charge in [-0.1, -0.05) is 51.5 Å². The third-order valence-corrected chi connectivity index (χ3v) is 9.46. The van der Waals surface area contributed by atoms with E-state index in [2.05, 4.69) is 32.6 Å². The van der Waals surface area contributed by atoms with E-state index in [9.17, 15) is 18.0 Å². The molecule has 0 unspecified atom stereocenters. The highest BCUT2D eigenvalue weighted by Gasteiger charge is 2.48. The average Bonchev–Trinajstić information content (AvgIpc) is 2.84.